The first-order valence-corrected chi connectivity index (χ1v) is 8.65. The van der Waals surface area contributed by atoms with Gasteiger partial charge in [-0.15, -0.1) is 0 Å². The molecule has 1 aromatic rings. The second-order valence-corrected chi connectivity index (χ2v) is 6.84. The van der Waals surface area contributed by atoms with Crippen LogP contribution in [0.25, 0.3) is 5.57 Å². The minimum atomic E-state index is -0.0266. The van der Waals surface area contributed by atoms with Gasteiger partial charge < -0.3 is 9.47 Å². The number of hydrogen-bond donors (Lipinski definition) is 0. The molecule has 0 aliphatic carbocycles. The molecule has 0 saturated heterocycles. The number of ether oxygens (including phenoxy) is 2. The predicted molar refractivity (Wildman–Crippen MR) is 102 cm³/mol. The van der Waals surface area contributed by atoms with Gasteiger partial charge >= 0.3 is 0 Å². The summed E-state index contributed by atoms with van der Waals surface area (Å²) in [6.07, 6.45) is 8.27. The molecule has 0 aromatic heterocycles. The van der Waals surface area contributed by atoms with E-state index in [1.165, 1.54) is 6.92 Å². The van der Waals surface area contributed by atoms with Crippen LogP contribution < -0.4 is 4.74 Å². The average molecular weight is 341 g/mol. The van der Waals surface area contributed by atoms with Crippen LogP contribution in [0.4, 0.5) is 0 Å². The molecule has 1 atom stereocenters. The Labute approximate surface area is 150 Å². The van der Waals surface area contributed by atoms with Gasteiger partial charge in [0.1, 0.15) is 19.0 Å². The van der Waals surface area contributed by atoms with E-state index in [1.54, 1.807) is 0 Å². The molecule has 1 heterocycles. The van der Waals surface area contributed by atoms with Crippen LogP contribution in [0.15, 0.2) is 47.6 Å². The molecule has 2 rings (SSSR count). The summed E-state index contributed by atoms with van der Waals surface area (Å²) in [4.78, 5) is 15.3. The van der Waals surface area contributed by atoms with Gasteiger partial charge in [-0.3, -0.25) is 9.79 Å². The van der Waals surface area contributed by atoms with Gasteiger partial charge in [0.15, 0.2) is 5.78 Å². The number of rotatable bonds is 8. The first-order chi connectivity index (χ1) is 11.9. The normalized spacial score (nSPS) is 19.6. The number of ketones is 1. The summed E-state index contributed by atoms with van der Waals surface area (Å²) in [6.45, 7) is 9.06. The second kappa shape index (κ2) is 8.77. The third-order valence-electron chi connectivity index (χ3n) is 4.42. The van der Waals surface area contributed by atoms with Gasteiger partial charge in [-0.2, -0.15) is 0 Å². The number of carbonyl (C=O) groups excluding carboxylic acids is 1. The van der Waals surface area contributed by atoms with Gasteiger partial charge in [0.2, 0.25) is 0 Å². The summed E-state index contributed by atoms with van der Waals surface area (Å²) in [5, 5.41) is 0. The molecule has 1 aliphatic rings. The van der Waals surface area contributed by atoms with Crippen LogP contribution in [-0.2, 0) is 9.53 Å². The Kier molecular flexibility index (Phi) is 6.71. The Morgan fingerprint density at radius 2 is 1.92 bits per heavy atom. The highest BCUT2D eigenvalue weighted by atomic mass is 16.5. The van der Waals surface area contributed by atoms with Crippen molar-refractivity contribution in [3.8, 4) is 5.75 Å². The van der Waals surface area contributed by atoms with Crippen molar-refractivity contribution in [1.29, 1.82) is 0 Å². The van der Waals surface area contributed by atoms with E-state index in [2.05, 4.69) is 37.9 Å². The molecule has 1 unspecified atom stereocenters. The van der Waals surface area contributed by atoms with Gasteiger partial charge in [-0.05, 0) is 36.1 Å². The van der Waals surface area contributed by atoms with Gasteiger partial charge in [0.05, 0.1) is 6.61 Å². The molecule has 4 nitrogen and oxygen atoms in total. The van der Waals surface area contributed by atoms with Crippen molar-refractivity contribution in [3.63, 3.8) is 0 Å². The number of benzene rings is 1. The number of Topliss-reactive ketones (excluding diaryl/α,β-unsaturated/α-hetero) is 1. The lowest BCUT2D eigenvalue weighted by Gasteiger charge is -2.24. The van der Waals surface area contributed by atoms with E-state index < -0.39 is 0 Å². The standard InChI is InChI=1S/C21H27NO3/c1-16(2)21(4)10-9-19(13-22-15-21)18-5-7-20(8-6-18)25-12-11-24-14-17(3)23/h5-10,13,15-16H,11-12,14H2,1-4H3. The fraction of sp³-hybridized carbons (Fsp3) is 0.429. The van der Waals surface area contributed by atoms with E-state index in [0.717, 1.165) is 16.9 Å². The van der Waals surface area contributed by atoms with Crippen molar-refractivity contribution in [1.82, 2.24) is 0 Å². The summed E-state index contributed by atoms with van der Waals surface area (Å²) in [5.41, 5.74) is 2.15. The zero-order chi connectivity index (χ0) is 18.3. The Balaban J connectivity index is 1.93. The molecule has 0 fully saturated rings. The monoisotopic (exact) mass is 341 g/mol. The fourth-order valence-electron chi connectivity index (χ4n) is 2.32. The Morgan fingerprint density at radius 1 is 1.20 bits per heavy atom. The average Bonchev–Trinajstić information content (AvgIpc) is 2.78. The highest BCUT2D eigenvalue weighted by Crippen LogP contribution is 2.31. The third kappa shape index (κ3) is 5.68. The van der Waals surface area contributed by atoms with Gasteiger partial charge in [-0.1, -0.05) is 45.1 Å². The van der Waals surface area contributed by atoms with E-state index in [9.17, 15) is 4.79 Å². The maximum atomic E-state index is 10.8. The predicted octanol–water partition coefficient (Wildman–Crippen LogP) is 4.31. The molecular formula is C21H27NO3. The summed E-state index contributed by atoms with van der Waals surface area (Å²) >= 11 is 0. The summed E-state index contributed by atoms with van der Waals surface area (Å²) < 4.78 is 10.8. The Morgan fingerprint density at radius 3 is 2.56 bits per heavy atom. The molecule has 0 N–H and O–H groups in total. The van der Waals surface area contributed by atoms with E-state index in [1.807, 2.05) is 36.7 Å². The molecule has 25 heavy (non-hydrogen) atoms. The molecule has 1 aromatic carbocycles. The van der Waals surface area contributed by atoms with Crippen LogP contribution in [0.2, 0.25) is 0 Å². The minimum absolute atomic E-state index is 0.0188. The minimum Gasteiger partial charge on any atom is -0.491 e. The smallest absolute Gasteiger partial charge is 0.155 e. The maximum absolute atomic E-state index is 10.8. The molecule has 0 spiro atoms. The lowest BCUT2D eigenvalue weighted by molar-refractivity contribution is -0.121. The lowest BCUT2D eigenvalue weighted by atomic mass is 9.80. The van der Waals surface area contributed by atoms with Crippen molar-refractivity contribution < 1.29 is 14.3 Å². The number of carbonyl (C=O) groups is 1. The zero-order valence-electron chi connectivity index (χ0n) is 15.5. The van der Waals surface area contributed by atoms with Crippen molar-refractivity contribution in [2.45, 2.75) is 27.7 Å². The van der Waals surface area contributed by atoms with Crippen LogP contribution in [0.1, 0.15) is 33.3 Å². The summed E-state index contributed by atoms with van der Waals surface area (Å²) in [7, 11) is 0. The number of nitrogens with zero attached hydrogens (tertiary/aromatic N) is 1. The van der Waals surface area contributed by atoms with Gasteiger partial charge in [0, 0.05) is 17.8 Å². The molecule has 0 bridgehead atoms. The molecule has 4 heteroatoms. The lowest BCUT2D eigenvalue weighted by Crippen LogP contribution is -2.21. The molecule has 1 aliphatic heterocycles. The van der Waals surface area contributed by atoms with Crippen LogP contribution in [0.5, 0.6) is 5.75 Å². The Bertz CT molecular complexity index is 671. The van der Waals surface area contributed by atoms with Gasteiger partial charge in [0.25, 0.3) is 0 Å². The van der Waals surface area contributed by atoms with Crippen molar-refractivity contribution in [2.24, 2.45) is 16.3 Å². The largest absolute Gasteiger partial charge is 0.491 e. The molecule has 134 valence electrons. The number of allylic oxidation sites excluding steroid dienone is 3. The van der Waals surface area contributed by atoms with E-state index >= 15 is 0 Å². The highest BCUT2D eigenvalue weighted by Gasteiger charge is 2.23. The van der Waals surface area contributed by atoms with Crippen LogP contribution in [0.3, 0.4) is 0 Å². The quantitative estimate of drug-likeness (QED) is 0.662. The first-order valence-electron chi connectivity index (χ1n) is 8.65. The molecule has 0 amide bonds. The third-order valence-corrected chi connectivity index (χ3v) is 4.42. The second-order valence-electron chi connectivity index (χ2n) is 6.84. The topological polar surface area (TPSA) is 47.9 Å². The molecule has 0 saturated carbocycles. The first kappa shape index (κ1) is 19.1. The SMILES string of the molecule is CC(=O)COCCOc1ccc(C2=CN=CC(C)(C(C)C)C=C2)cc1. The summed E-state index contributed by atoms with van der Waals surface area (Å²) in [6, 6.07) is 7.92. The van der Waals surface area contributed by atoms with E-state index in [0.29, 0.717) is 19.1 Å². The molecular weight excluding hydrogens is 314 g/mol. The fourth-order valence-corrected chi connectivity index (χ4v) is 2.32. The zero-order valence-corrected chi connectivity index (χ0v) is 15.5. The van der Waals surface area contributed by atoms with Crippen LogP contribution in [-0.4, -0.2) is 31.8 Å². The maximum Gasteiger partial charge on any atom is 0.155 e. The Hall–Kier alpha value is -2.20. The van der Waals surface area contributed by atoms with Crippen molar-refractivity contribution in [2.75, 3.05) is 19.8 Å². The van der Waals surface area contributed by atoms with Crippen LogP contribution >= 0.6 is 0 Å². The van der Waals surface area contributed by atoms with Crippen LogP contribution in [0, 0.1) is 11.3 Å². The summed E-state index contributed by atoms with van der Waals surface area (Å²) in [5.74, 6) is 1.29. The number of aliphatic imine (C=N–C) groups is 1. The highest BCUT2D eigenvalue weighted by molar-refractivity contribution is 5.80. The van der Waals surface area contributed by atoms with E-state index in [-0.39, 0.29) is 17.8 Å². The van der Waals surface area contributed by atoms with Crippen molar-refractivity contribution in [3.05, 3.63) is 48.2 Å². The van der Waals surface area contributed by atoms with E-state index in [4.69, 9.17) is 9.47 Å². The van der Waals surface area contributed by atoms with Gasteiger partial charge in [-0.25, -0.2) is 0 Å². The van der Waals surface area contributed by atoms with Crippen molar-refractivity contribution >= 4 is 17.6 Å². The number of hydrogen-bond acceptors (Lipinski definition) is 4. The molecule has 0 radical (unpaired) electrons.